The Hall–Kier alpha value is -3.77. The Labute approximate surface area is 210 Å². The minimum atomic E-state index is -4.71. The molecular formula is C25H22F4N4O3S. The highest BCUT2D eigenvalue weighted by molar-refractivity contribution is 7.92. The molecule has 0 unspecified atom stereocenters. The Morgan fingerprint density at radius 3 is 2.54 bits per heavy atom. The number of hydrogen-bond donors (Lipinski definition) is 3. The van der Waals surface area contributed by atoms with Crippen LogP contribution in [0.5, 0.6) is 0 Å². The summed E-state index contributed by atoms with van der Waals surface area (Å²) in [5.74, 6) is -4.14. The van der Waals surface area contributed by atoms with Gasteiger partial charge in [-0.2, -0.15) is 4.39 Å². The maximum Gasteiger partial charge on any atom is 0.265 e. The van der Waals surface area contributed by atoms with Crippen molar-refractivity contribution in [3.63, 3.8) is 0 Å². The van der Waals surface area contributed by atoms with E-state index in [1.807, 2.05) is 4.72 Å². The Morgan fingerprint density at radius 1 is 1.05 bits per heavy atom. The highest BCUT2D eigenvalue weighted by Crippen LogP contribution is 2.27. The van der Waals surface area contributed by atoms with Gasteiger partial charge in [-0.1, -0.05) is 6.07 Å². The lowest BCUT2D eigenvalue weighted by atomic mass is 9.96. The fourth-order valence-corrected chi connectivity index (χ4v) is 4.92. The van der Waals surface area contributed by atoms with Gasteiger partial charge in [-0.3, -0.25) is 10.1 Å². The van der Waals surface area contributed by atoms with Gasteiger partial charge in [0.15, 0.2) is 5.82 Å². The highest BCUT2D eigenvalue weighted by atomic mass is 32.2. The predicted molar refractivity (Wildman–Crippen MR) is 130 cm³/mol. The number of anilines is 1. The molecule has 4 rings (SSSR count). The van der Waals surface area contributed by atoms with Gasteiger partial charge < -0.3 is 10.1 Å². The van der Waals surface area contributed by atoms with E-state index in [1.54, 1.807) is 0 Å². The van der Waals surface area contributed by atoms with E-state index in [2.05, 4.69) is 10.3 Å². The van der Waals surface area contributed by atoms with E-state index in [0.29, 0.717) is 38.2 Å². The van der Waals surface area contributed by atoms with E-state index in [1.165, 1.54) is 30.6 Å². The Balaban J connectivity index is 1.69. The summed E-state index contributed by atoms with van der Waals surface area (Å²) in [5, 5.41) is 11.9. The van der Waals surface area contributed by atoms with Crippen LogP contribution < -0.4 is 10.0 Å². The molecule has 2 heterocycles. The van der Waals surface area contributed by atoms with Gasteiger partial charge in [0, 0.05) is 48.9 Å². The number of allylic oxidation sites excluding steroid dienone is 1. The molecule has 194 valence electrons. The quantitative estimate of drug-likeness (QED) is 0.222. The van der Waals surface area contributed by atoms with Gasteiger partial charge >= 0.3 is 0 Å². The molecule has 2 aromatic carbocycles. The van der Waals surface area contributed by atoms with Crippen LogP contribution >= 0.6 is 0 Å². The summed E-state index contributed by atoms with van der Waals surface area (Å²) in [5.41, 5.74) is -0.895. The van der Waals surface area contributed by atoms with Crippen LogP contribution in [0.25, 0.3) is 5.57 Å². The topological polar surface area (TPSA) is 104 Å². The van der Waals surface area contributed by atoms with E-state index in [-0.39, 0.29) is 28.5 Å². The van der Waals surface area contributed by atoms with Gasteiger partial charge in [-0.05, 0) is 54.8 Å². The van der Waals surface area contributed by atoms with Crippen molar-refractivity contribution < 1.29 is 30.7 Å². The smallest absolute Gasteiger partial charge is 0.265 e. The third kappa shape index (κ3) is 6.15. The van der Waals surface area contributed by atoms with Crippen molar-refractivity contribution in [3.05, 3.63) is 95.5 Å². The second-order valence-electron chi connectivity index (χ2n) is 8.20. The lowest BCUT2D eigenvalue weighted by Gasteiger charge is -2.23. The summed E-state index contributed by atoms with van der Waals surface area (Å²) in [7, 11) is -4.71. The van der Waals surface area contributed by atoms with Crippen LogP contribution in [0, 0.1) is 28.8 Å². The second kappa shape index (κ2) is 11.1. The van der Waals surface area contributed by atoms with Crippen molar-refractivity contribution in [2.24, 2.45) is 0 Å². The van der Waals surface area contributed by atoms with Crippen LogP contribution in [0.3, 0.4) is 0 Å². The van der Waals surface area contributed by atoms with Crippen LogP contribution in [-0.4, -0.2) is 38.4 Å². The summed E-state index contributed by atoms with van der Waals surface area (Å²) < 4.78 is 89.6. The number of ether oxygens (including phenoxy) is 1. The van der Waals surface area contributed by atoms with Crippen molar-refractivity contribution in [2.45, 2.75) is 23.8 Å². The highest BCUT2D eigenvalue weighted by Gasteiger charge is 2.24. The van der Waals surface area contributed by atoms with Crippen LogP contribution in [0.4, 0.5) is 23.2 Å². The van der Waals surface area contributed by atoms with E-state index < -0.39 is 44.0 Å². The molecule has 0 aliphatic carbocycles. The van der Waals surface area contributed by atoms with Gasteiger partial charge in [0.05, 0.1) is 11.4 Å². The van der Waals surface area contributed by atoms with Crippen LogP contribution in [0.15, 0.2) is 65.8 Å². The number of pyridine rings is 1. The molecule has 37 heavy (non-hydrogen) atoms. The first-order chi connectivity index (χ1) is 17.7. The Kier molecular flexibility index (Phi) is 7.89. The minimum Gasteiger partial charge on any atom is -0.387 e. The maximum absolute atomic E-state index is 15.5. The fourth-order valence-electron chi connectivity index (χ4n) is 3.77. The summed E-state index contributed by atoms with van der Waals surface area (Å²) in [6, 6.07) is 8.05. The van der Waals surface area contributed by atoms with E-state index in [0.717, 1.165) is 18.2 Å². The third-order valence-corrected chi connectivity index (χ3v) is 7.07. The van der Waals surface area contributed by atoms with Gasteiger partial charge in [-0.15, -0.1) is 0 Å². The van der Waals surface area contributed by atoms with Gasteiger partial charge in [-0.25, -0.2) is 26.6 Å². The van der Waals surface area contributed by atoms with Crippen molar-refractivity contribution in [1.29, 1.82) is 5.41 Å². The first-order valence-corrected chi connectivity index (χ1v) is 12.7. The van der Waals surface area contributed by atoms with Crippen molar-refractivity contribution in [1.82, 2.24) is 10.3 Å². The first kappa shape index (κ1) is 26.3. The number of aromatic nitrogens is 1. The predicted octanol–water partition coefficient (Wildman–Crippen LogP) is 4.62. The SMILES string of the molecule is N=C(/C(=C\NC1CCOCC1)c1ccnc(F)c1)c1cccc(NS(=O)(=O)c2cc(F)ccc2F)c1F. The number of rotatable bonds is 8. The number of nitrogens with one attached hydrogen (secondary N) is 3. The molecule has 3 N–H and O–H groups in total. The monoisotopic (exact) mass is 534 g/mol. The maximum atomic E-state index is 15.5. The van der Waals surface area contributed by atoms with E-state index in [9.17, 15) is 21.6 Å². The Morgan fingerprint density at radius 2 is 1.81 bits per heavy atom. The summed E-state index contributed by atoms with van der Waals surface area (Å²) in [6.07, 6.45) is 4.08. The molecule has 0 spiro atoms. The minimum absolute atomic E-state index is 0.0207. The van der Waals surface area contributed by atoms with Crippen molar-refractivity contribution in [3.8, 4) is 0 Å². The standard InChI is InChI=1S/C25H22F4N4O3S/c26-16-4-5-20(27)22(13-16)37(34,35)33-21-3-1-2-18(24(21)29)25(30)19(15-6-9-31-23(28)12-15)14-32-17-7-10-36-11-8-17/h1-6,9,12-14,17,30,32-33H,7-8,10-11H2/b19-14-,30-25?. The molecule has 3 aromatic rings. The number of sulfonamides is 1. The molecule has 0 radical (unpaired) electrons. The molecule has 0 saturated carbocycles. The molecule has 1 saturated heterocycles. The molecule has 0 bridgehead atoms. The number of hydrogen-bond acceptors (Lipinski definition) is 6. The molecular weight excluding hydrogens is 512 g/mol. The number of benzene rings is 2. The second-order valence-corrected chi connectivity index (χ2v) is 9.85. The number of nitrogens with zero attached hydrogens (tertiary/aromatic N) is 1. The molecule has 12 heteroatoms. The van der Waals surface area contributed by atoms with Crippen LogP contribution in [0.2, 0.25) is 0 Å². The summed E-state index contributed by atoms with van der Waals surface area (Å²) >= 11 is 0. The lowest BCUT2D eigenvalue weighted by molar-refractivity contribution is 0.0812. The van der Waals surface area contributed by atoms with Gasteiger partial charge in [0.2, 0.25) is 5.95 Å². The zero-order valence-corrected chi connectivity index (χ0v) is 20.1. The van der Waals surface area contributed by atoms with E-state index >= 15 is 4.39 Å². The largest absolute Gasteiger partial charge is 0.387 e. The van der Waals surface area contributed by atoms with E-state index in [4.69, 9.17) is 10.1 Å². The van der Waals surface area contributed by atoms with Crippen LogP contribution in [0.1, 0.15) is 24.0 Å². The van der Waals surface area contributed by atoms with Gasteiger partial charge in [0.1, 0.15) is 16.5 Å². The van der Waals surface area contributed by atoms with Gasteiger partial charge in [0.25, 0.3) is 10.0 Å². The summed E-state index contributed by atoms with van der Waals surface area (Å²) in [6.45, 7) is 1.09. The fraction of sp³-hybridized carbons (Fsp3) is 0.200. The molecule has 0 atom stereocenters. The molecule has 1 aromatic heterocycles. The third-order valence-electron chi connectivity index (χ3n) is 5.69. The average molecular weight is 535 g/mol. The molecule has 1 fully saturated rings. The molecule has 0 amide bonds. The first-order valence-electron chi connectivity index (χ1n) is 11.2. The van der Waals surface area contributed by atoms with Crippen LogP contribution in [-0.2, 0) is 14.8 Å². The molecule has 1 aliphatic rings. The number of halogens is 4. The van der Waals surface area contributed by atoms with Crippen molar-refractivity contribution in [2.75, 3.05) is 17.9 Å². The molecule has 1 aliphatic heterocycles. The molecule has 7 nitrogen and oxygen atoms in total. The normalized spacial score (nSPS) is 14.9. The lowest BCUT2D eigenvalue weighted by Crippen LogP contribution is -2.31. The Bertz CT molecular complexity index is 1460. The zero-order valence-electron chi connectivity index (χ0n) is 19.3. The average Bonchev–Trinajstić information content (AvgIpc) is 2.87. The van der Waals surface area contributed by atoms with Crippen molar-refractivity contribution >= 4 is 27.0 Å². The summed E-state index contributed by atoms with van der Waals surface area (Å²) in [4.78, 5) is 2.51. The zero-order chi connectivity index (χ0) is 26.6.